The monoisotopic (exact) mass is 466 g/mol. The van der Waals surface area contributed by atoms with E-state index in [-0.39, 0.29) is 40.8 Å². The molecule has 2 fully saturated rings. The Morgan fingerprint density at radius 2 is 1.85 bits per heavy atom. The van der Waals surface area contributed by atoms with Crippen LogP contribution >= 0.6 is 0 Å². The van der Waals surface area contributed by atoms with Gasteiger partial charge in [0.15, 0.2) is 0 Å². The van der Waals surface area contributed by atoms with E-state index in [1.807, 2.05) is 13.8 Å². The predicted molar refractivity (Wildman–Crippen MR) is 113 cm³/mol. The van der Waals surface area contributed by atoms with Crippen LogP contribution in [0, 0.1) is 23.2 Å². The summed E-state index contributed by atoms with van der Waals surface area (Å²) in [6, 6.07) is 6.81. The maximum atomic E-state index is 14.2. The fourth-order valence-corrected chi connectivity index (χ4v) is 6.21. The van der Waals surface area contributed by atoms with Gasteiger partial charge in [0, 0.05) is 18.6 Å². The van der Waals surface area contributed by atoms with Gasteiger partial charge in [0.1, 0.15) is 12.2 Å². The minimum atomic E-state index is -5.02. The first kappa shape index (κ1) is 23.8. The van der Waals surface area contributed by atoms with Gasteiger partial charge in [-0.25, -0.2) is 4.79 Å². The number of allylic oxidation sites excluding steroid dienone is 1. The van der Waals surface area contributed by atoms with Gasteiger partial charge in [0.25, 0.3) is 5.60 Å². The van der Waals surface area contributed by atoms with E-state index >= 15 is 0 Å². The Morgan fingerprint density at radius 1 is 1.18 bits per heavy atom. The third-order valence-corrected chi connectivity index (χ3v) is 8.09. The lowest BCUT2D eigenvalue weighted by molar-refractivity contribution is -0.278. The average molecular weight is 466 g/mol. The summed E-state index contributed by atoms with van der Waals surface area (Å²) in [4.78, 5) is 25.3. The van der Waals surface area contributed by atoms with Gasteiger partial charge in [-0.3, -0.25) is 4.79 Å². The lowest BCUT2D eigenvalue weighted by Gasteiger charge is -2.52. The van der Waals surface area contributed by atoms with Crippen LogP contribution < -0.4 is 0 Å². The van der Waals surface area contributed by atoms with Crippen molar-refractivity contribution in [3.63, 3.8) is 0 Å². The van der Waals surface area contributed by atoms with E-state index < -0.39 is 23.9 Å². The topological polar surface area (TPSA) is 61.8 Å². The lowest BCUT2D eigenvalue weighted by Crippen LogP contribution is -2.53. The molecule has 1 heterocycles. The largest absolute Gasteiger partial charge is 0.462 e. The van der Waals surface area contributed by atoms with Gasteiger partial charge in [0.2, 0.25) is 0 Å². The number of hydrogen-bond acceptors (Lipinski definition) is 5. The molecule has 33 heavy (non-hydrogen) atoms. The van der Waals surface area contributed by atoms with Gasteiger partial charge < -0.3 is 14.2 Å². The third-order valence-electron chi connectivity index (χ3n) is 8.09. The Bertz CT molecular complexity index is 959. The van der Waals surface area contributed by atoms with Crippen molar-refractivity contribution in [2.24, 2.45) is 23.2 Å². The van der Waals surface area contributed by atoms with Crippen LogP contribution in [-0.2, 0) is 29.4 Å². The normalized spacial score (nSPS) is 35.5. The smallest absolute Gasteiger partial charge is 0.432 e. The summed E-state index contributed by atoms with van der Waals surface area (Å²) in [5.41, 5.74) is -2.88. The molecule has 0 amide bonds. The highest BCUT2D eigenvalue weighted by Gasteiger charge is 2.65. The Hall–Kier alpha value is -2.35. The second-order valence-electron chi connectivity index (χ2n) is 9.63. The number of ether oxygens (including phenoxy) is 3. The van der Waals surface area contributed by atoms with Crippen LogP contribution in [0.1, 0.15) is 45.6 Å². The molecule has 0 bridgehead atoms. The number of alkyl halides is 3. The fraction of sp³-hybridized carbons (Fsp3) is 0.600. The molecule has 180 valence electrons. The van der Waals surface area contributed by atoms with Crippen molar-refractivity contribution >= 4 is 11.9 Å². The van der Waals surface area contributed by atoms with Crippen LogP contribution in [-0.4, -0.2) is 37.4 Å². The van der Waals surface area contributed by atoms with E-state index in [2.05, 4.69) is 6.92 Å². The lowest BCUT2D eigenvalue weighted by atomic mass is 9.52. The summed E-state index contributed by atoms with van der Waals surface area (Å²) in [6.45, 7) is 5.96. The number of methoxy groups -OCH3 is 1. The molecule has 1 aromatic carbocycles. The highest BCUT2D eigenvalue weighted by atomic mass is 19.4. The number of halogens is 3. The molecular weight excluding hydrogens is 437 g/mol. The minimum absolute atomic E-state index is 0.00536. The number of carbonyl (C=O) groups is 2. The summed E-state index contributed by atoms with van der Waals surface area (Å²) >= 11 is 0. The number of carbonyl (C=O) groups excluding carboxylic acids is 2. The number of fused-ring (bicyclic) bond motifs is 3. The summed E-state index contributed by atoms with van der Waals surface area (Å²) in [5, 5.41) is 0. The van der Waals surface area contributed by atoms with Gasteiger partial charge in [-0.05, 0) is 36.7 Å². The average Bonchev–Trinajstić information content (AvgIpc) is 3.04. The number of benzene rings is 1. The summed E-state index contributed by atoms with van der Waals surface area (Å²) in [6.07, 6.45) is -2.56. The van der Waals surface area contributed by atoms with Crippen LogP contribution in [0.5, 0.6) is 0 Å². The first-order valence-electron chi connectivity index (χ1n) is 11.3. The molecule has 7 atom stereocenters. The zero-order valence-corrected chi connectivity index (χ0v) is 19.1. The van der Waals surface area contributed by atoms with Gasteiger partial charge >= 0.3 is 18.1 Å². The molecule has 1 aliphatic heterocycles. The standard InChI is InChI=1S/C25H29F3O5/c1-14-12-18(13-17-10-11-19-20(23(14,17)3)15(2)21(29)33-19)32-22(30)24(31-4,25(26,27)28)16-8-6-5-7-9-16/h5-9,13-15,18-20H,10-12H2,1-4H3/t14-,15-,18-,19-,20-,23+,24+/m0/s1. The molecule has 5 nitrogen and oxygen atoms in total. The van der Waals surface area contributed by atoms with Crippen LogP contribution in [0.3, 0.4) is 0 Å². The molecule has 0 unspecified atom stereocenters. The minimum Gasteiger partial charge on any atom is -0.462 e. The number of esters is 2. The van der Waals surface area contributed by atoms with Crippen molar-refractivity contribution in [1.82, 2.24) is 0 Å². The number of hydrogen-bond donors (Lipinski definition) is 0. The summed E-state index contributed by atoms with van der Waals surface area (Å²) < 4.78 is 58.6. The van der Waals surface area contributed by atoms with Crippen molar-refractivity contribution < 1.29 is 37.0 Å². The second kappa shape index (κ2) is 8.15. The van der Waals surface area contributed by atoms with E-state index in [4.69, 9.17) is 14.2 Å². The molecule has 0 spiro atoms. The molecule has 2 aliphatic carbocycles. The second-order valence-corrected chi connectivity index (χ2v) is 9.63. The van der Waals surface area contributed by atoms with E-state index in [0.717, 1.165) is 12.7 Å². The molecule has 1 saturated heterocycles. The molecule has 1 aromatic rings. The molecule has 4 rings (SSSR count). The van der Waals surface area contributed by atoms with E-state index in [1.165, 1.54) is 24.3 Å². The van der Waals surface area contributed by atoms with Crippen LogP contribution in [0.25, 0.3) is 0 Å². The predicted octanol–water partition coefficient (Wildman–Crippen LogP) is 4.95. The first-order chi connectivity index (χ1) is 15.5. The van der Waals surface area contributed by atoms with Gasteiger partial charge in [-0.2, -0.15) is 13.2 Å². The summed E-state index contributed by atoms with van der Waals surface area (Å²) in [7, 11) is 0.862. The Labute approximate surface area is 191 Å². The zero-order chi connectivity index (χ0) is 24.2. The van der Waals surface area contributed by atoms with Gasteiger partial charge in [-0.15, -0.1) is 0 Å². The molecule has 0 N–H and O–H groups in total. The van der Waals surface area contributed by atoms with Crippen molar-refractivity contribution in [3.05, 3.63) is 47.5 Å². The maximum Gasteiger partial charge on any atom is 0.432 e. The highest BCUT2D eigenvalue weighted by molar-refractivity contribution is 5.83. The van der Waals surface area contributed by atoms with E-state index in [0.29, 0.717) is 19.3 Å². The molecule has 3 aliphatic rings. The van der Waals surface area contributed by atoms with Gasteiger partial charge in [-0.1, -0.05) is 56.7 Å². The van der Waals surface area contributed by atoms with Crippen LogP contribution in [0.4, 0.5) is 13.2 Å². The SMILES string of the molecule is CO[C@@](C(=O)O[C@@H]1C=C2CC[C@@H]3OC(=O)[C@@H](C)[C@@H]3[C@]2(C)[C@@H](C)C1)(c1ccccc1)C(F)(F)F. The molecule has 0 aromatic heterocycles. The van der Waals surface area contributed by atoms with Crippen LogP contribution in [0.2, 0.25) is 0 Å². The molecular formula is C25H29F3O5. The fourth-order valence-electron chi connectivity index (χ4n) is 6.21. The Kier molecular flexibility index (Phi) is 5.88. The highest BCUT2D eigenvalue weighted by Crippen LogP contribution is 2.59. The van der Waals surface area contributed by atoms with Crippen molar-refractivity contribution in [2.45, 2.75) is 64.0 Å². The molecule has 0 radical (unpaired) electrons. The Morgan fingerprint density at radius 3 is 2.45 bits per heavy atom. The maximum absolute atomic E-state index is 14.2. The van der Waals surface area contributed by atoms with Crippen molar-refractivity contribution in [3.8, 4) is 0 Å². The summed E-state index contributed by atoms with van der Waals surface area (Å²) in [5.74, 6) is -1.97. The van der Waals surface area contributed by atoms with E-state index in [1.54, 1.807) is 12.1 Å². The quantitative estimate of drug-likeness (QED) is 0.464. The Balaban J connectivity index is 1.65. The van der Waals surface area contributed by atoms with Crippen molar-refractivity contribution in [1.29, 1.82) is 0 Å². The van der Waals surface area contributed by atoms with Crippen molar-refractivity contribution in [2.75, 3.05) is 7.11 Å². The molecule has 1 saturated carbocycles. The molecule has 8 heteroatoms. The van der Waals surface area contributed by atoms with Crippen LogP contribution in [0.15, 0.2) is 42.0 Å². The van der Waals surface area contributed by atoms with E-state index in [9.17, 15) is 22.8 Å². The number of rotatable bonds is 4. The first-order valence-corrected chi connectivity index (χ1v) is 11.3. The third kappa shape index (κ3) is 3.49. The zero-order valence-electron chi connectivity index (χ0n) is 19.1. The van der Waals surface area contributed by atoms with Gasteiger partial charge in [0.05, 0.1) is 5.92 Å².